The van der Waals surface area contributed by atoms with Gasteiger partial charge in [-0.2, -0.15) is 0 Å². The summed E-state index contributed by atoms with van der Waals surface area (Å²) in [6.45, 7) is 3.56. The van der Waals surface area contributed by atoms with Crippen molar-refractivity contribution in [3.8, 4) is 0 Å². The molecule has 1 aromatic carbocycles. The van der Waals surface area contributed by atoms with Crippen LogP contribution in [0, 0.1) is 0 Å². The Morgan fingerprint density at radius 2 is 1.84 bits per heavy atom. The smallest absolute Gasteiger partial charge is 0.338 e. The summed E-state index contributed by atoms with van der Waals surface area (Å²) in [5.41, 5.74) is -0.885. The fourth-order valence-corrected chi connectivity index (χ4v) is 2.39. The second-order valence-corrected chi connectivity index (χ2v) is 4.86. The molecule has 0 radical (unpaired) electrons. The summed E-state index contributed by atoms with van der Waals surface area (Å²) in [5.74, 6) is -0.582. The second-order valence-electron chi connectivity index (χ2n) is 4.86. The third-order valence-electron chi connectivity index (χ3n) is 3.32. The van der Waals surface area contributed by atoms with Gasteiger partial charge in [0.15, 0.2) is 0 Å². The molecule has 0 N–H and O–H groups in total. The Kier molecular flexibility index (Phi) is 3.98. The quantitative estimate of drug-likeness (QED) is 0.617. The maximum Gasteiger partial charge on any atom is 0.338 e. The molecule has 19 heavy (non-hydrogen) atoms. The molecule has 1 aliphatic rings. The van der Waals surface area contributed by atoms with Crippen molar-refractivity contribution in [1.29, 1.82) is 0 Å². The monoisotopic (exact) mass is 266 g/mol. The number of ether oxygens (including phenoxy) is 1. The van der Waals surface area contributed by atoms with Gasteiger partial charge in [-0.3, -0.25) is 0 Å². The van der Waals surface area contributed by atoms with Crippen LogP contribution in [0.15, 0.2) is 43.0 Å². The lowest BCUT2D eigenvalue weighted by molar-refractivity contribution is -0.0437. The first-order valence-corrected chi connectivity index (χ1v) is 6.25. The van der Waals surface area contributed by atoms with Gasteiger partial charge >= 0.3 is 5.97 Å². The van der Waals surface area contributed by atoms with Crippen LogP contribution in [-0.2, 0) is 4.74 Å². The molecule has 0 bridgehead atoms. The van der Waals surface area contributed by atoms with E-state index < -0.39 is 23.9 Å². The Morgan fingerprint density at radius 1 is 1.26 bits per heavy atom. The van der Waals surface area contributed by atoms with Crippen LogP contribution in [0.4, 0.5) is 8.78 Å². The van der Waals surface area contributed by atoms with Crippen LogP contribution in [0.3, 0.4) is 0 Å². The molecule has 0 aromatic heterocycles. The maximum atomic E-state index is 13.5. The SMILES string of the molecule is C=CC1(OC(=O)c2ccccc2)CC(F)CC(F)C1. The van der Waals surface area contributed by atoms with Gasteiger partial charge in [-0.15, -0.1) is 0 Å². The first-order valence-electron chi connectivity index (χ1n) is 6.25. The zero-order chi connectivity index (χ0) is 13.9. The van der Waals surface area contributed by atoms with Gasteiger partial charge in [-0.05, 0) is 18.2 Å². The first-order chi connectivity index (χ1) is 9.04. The molecule has 1 fully saturated rings. The van der Waals surface area contributed by atoms with Crippen molar-refractivity contribution in [2.75, 3.05) is 0 Å². The fourth-order valence-electron chi connectivity index (χ4n) is 2.39. The molecule has 0 spiro atoms. The molecule has 2 atom stereocenters. The van der Waals surface area contributed by atoms with Crippen LogP contribution in [0.1, 0.15) is 29.6 Å². The minimum atomic E-state index is -1.31. The second kappa shape index (κ2) is 5.51. The van der Waals surface area contributed by atoms with Gasteiger partial charge in [0.1, 0.15) is 17.9 Å². The Balaban J connectivity index is 2.14. The van der Waals surface area contributed by atoms with Crippen molar-refractivity contribution in [2.24, 2.45) is 0 Å². The summed E-state index contributed by atoms with van der Waals surface area (Å²) in [5, 5.41) is 0. The fraction of sp³-hybridized carbons (Fsp3) is 0.400. The third-order valence-corrected chi connectivity index (χ3v) is 3.32. The number of alkyl halides is 2. The molecule has 2 nitrogen and oxygen atoms in total. The van der Waals surface area contributed by atoms with Gasteiger partial charge in [-0.25, -0.2) is 13.6 Å². The lowest BCUT2D eigenvalue weighted by atomic mass is 9.82. The highest BCUT2D eigenvalue weighted by Crippen LogP contribution is 2.36. The molecule has 2 unspecified atom stereocenters. The molecule has 2 rings (SSSR count). The van der Waals surface area contributed by atoms with E-state index in [2.05, 4.69) is 6.58 Å². The van der Waals surface area contributed by atoms with Crippen molar-refractivity contribution in [1.82, 2.24) is 0 Å². The molecular formula is C15H16F2O2. The van der Waals surface area contributed by atoms with Crippen molar-refractivity contribution < 1.29 is 18.3 Å². The summed E-state index contributed by atoms with van der Waals surface area (Å²) in [6.07, 6.45) is -1.49. The maximum absolute atomic E-state index is 13.5. The average molecular weight is 266 g/mol. The molecular weight excluding hydrogens is 250 g/mol. The molecule has 1 aromatic rings. The van der Waals surface area contributed by atoms with Crippen molar-refractivity contribution in [3.05, 3.63) is 48.6 Å². The van der Waals surface area contributed by atoms with Crippen LogP contribution in [-0.4, -0.2) is 23.9 Å². The zero-order valence-corrected chi connectivity index (χ0v) is 10.5. The molecule has 0 heterocycles. The van der Waals surface area contributed by atoms with E-state index >= 15 is 0 Å². The zero-order valence-electron chi connectivity index (χ0n) is 10.5. The number of rotatable bonds is 3. The van der Waals surface area contributed by atoms with E-state index in [9.17, 15) is 13.6 Å². The Hall–Kier alpha value is -1.71. The standard InChI is InChI=1S/C15H16F2O2/c1-2-15(9-12(16)8-13(17)10-15)19-14(18)11-6-4-3-5-7-11/h2-7,12-13H,1,8-10H2. The largest absolute Gasteiger partial charge is 0.451 e. The van der Waals surface area contributed by atoms with Gasteiger partial charge in [-0.1, -0.05) is 24.8 Å². The van der Waals surface area contributed by atoms with E-state index in [1.54, 1.807) is 30.3 Å². The van der Waals surface area contributed by atoms with Gasteiger partial charge in [0.25, 0.3) is 0 Å². The molecule has 0 saturated heterocycles. The van der Waals surface area contributed by atoms with Gasteiger partial charge in [0, 0.05) is 19.3 Å². The van der Waals surface area contributed by atoms with Crippen LogP contribution in [0.25, 0.3) is 0 Å². The summed E-state index contributed by atoms with van der Waals surface area (Å²) in [7, 11) is 0. The van der Waals surface area contributed by atoms with E-state index in [1.807, 2.05) is 0 Å². The highest BCUT2D eigenvalue weighted by atomic mass is 19.1. The number of halogens is 2. The van der Waals surface area contributed by atoms with Crippen molar-refractivity contribution >= 4 is 5.97 Å². The number of hydrogen-bond donors (Lipinski definition) is 0. The number of carbonyl (C=O) groups excluding carboxylic acids is 1. The molecule has 1 saturated carbocycles. The first kappa shape index (κ1) is 13.7. The summed E-state index contributed by atoms with van der Waals surface area (Å²) in [6, 6.07) is 8.38. The van der Waals surface area contributed by atoms with Gasteiger partial charge in [0.2, 0.25) is 0 Å². The molecule has 0 aliphatic heterocycles. The minimum Gasteiger partial charge on any atom is -0.451 e. The van der Waals surface area contributed by atoms with Crippen molar-refractivity contribution in [3.63, 3.8) is 0 Å². The predicted octanol–water partition coefficient (Wildman–Crippen LogP) is 3.63. The molecule has 102 valence electrons. The summed E-state index contributed by atoms with van der Waals surface area (Å²) < 4.78 is 32.3. The highest BCUT2D eigenvalue weighted by molar-refractivity contribution is 5.89. The Labute approximate surface area is 111 Å². The number of carbonyl (C=O) groups is 1. The van der Waals surface area contributed by atoms with Crippen LogP contribution >= 0.6 is 0 Å². The van der Waals surface area contributed by atoms with E-state index in [1.165, 1.54) is 6.08 Å². The normalized spacial score (nSPS) is 30.6. The average Bonchev–Trinajstić information content (AvgIpc) is 2.38. The van der Waals surface area contributed by atoms with Crippen LogP contribution in [0.5, 0.6) is 0 Å². The highest BCUT2D eigenvalue weighted by Gasteiger charge is 2.42. The lowest BCUT2D eigenvalue weighted by Gasteiger charge is -2.37. The van der Waals surface area contributed by atoms with Crippen molar-refractivity contribution in [2.45, 2.75) is 37.2 Å². The lowest BCUT2D eigenvalue weighted by Crippen LogP contribution is -2.43. The Bertz CT molecular complexity index is 448. The number of hydrogen-bond acceptors (Lipinski definition) is 2. The Morgan fingerprint density at radius 3 is 2.37 bits per heavy atom. The van der Waals surface area contributed by atoms with Crippen LogP contribution in [0.2, 0.25) is 0 Å². The predicted molar refractivity (Wildman–Crippen MR) is 68.4 cm³/mol. The van der Waals surface area contributed by atoms with E-state index in [4.69, 9.17) is 4.74 Å². The molecule has 4 heteroatoms. The summed E-state index contributed by atoms with van der Waals surface area (Å²) >= 11 is 0. The summed E-state index contributed by atoms with van der Waals surface area (Å²) in [4.78, 5) is 12.0. The molecule has 1 aliphatic carbocycles. The van der Waals surface area contributed by atoms with Crippen LogP contribution < -0.4 is 0 Å². The molecule has 0 amide bonds. The number of benzene rings is 1. The van der Waals surface area contributed by atoms with E-state index in [-0.39, 0.29) is 19.3 Å². The van der Waals surface area contributed by atoms with Gasteiger partial charge < -0.3 is 4.74 Å². The topological polar surface area (TPSA) is 26.3 Å². The van der Waals surface area contributed by atoms with E-state index in [0.29, 0.717) is 5.56 Å². The number of esters is 1. The van der Waals surface area contributed by atoms with E-state index in [0.717, 1.165) is 0 Å². The minimum absolute atomic E-state index is 0.0322. The third kappa shape index (κ3) is 3.19. The van der Waals surface area contributed by atoms with Gasteiger partial charge in [0.05, 0.1) is 5.56 Å².